The van der Waals surface area contributed by atoms with Gasteiger partial charge in [-0.1, -0.05) is 6.07 Å². The summed E-state index contributed by atoms with van der Waals surface area (Å²) in [4.78, 5) is 23.0. The first kappa shape index (κ1) is 14.8. The molecule has 0 aliphatic carbocycles. The minimum Gasteiger partial charge on any atom is -0.492 e. The summed E-state index contributed by atoms with van der Waals surface area (Å²) < 4.78 is 7.21. The second-order valence-corrected chi connectivity index (χ2v) is 4.50. The molecule has 0 aliphatic rings. The first-order chi connectivity index (χ1) is 10.1. The average Bonchev–Trinajstić information content (AvgIpc) is 2.50. The first-order valence-electron chi connectivity index (χ1n) is 6.52. The molecule has 0 aliphatic heterocycles. The lowest BCUT2D eigenvalue weighted by Crippen LogP contribution is -2.29. The second kappa shape index (κ2) is 6.71. The summed E-state index contributed by atoms with van der Waals surface area (Å²) in [6.07, 6.45) is 0. The number of nitrogen functional groups attached to an aromatic ring is 1. The van der Waals surface area contributed by atoms with Crippen molar-refractivity contribution >= 4 is 5.91 Å². The molecule has 6 heteroatoms. The summed E-state index contributed by atoms with van der Waals surface area (Å²) in [6.45, 7) is 2.71. The van der Waals surface area contributed by atoms with Crippen molar-refractivity contribution in [3.8, 4) is 5.75 Å². The average molecular weight is 287 g/mol. The van der Waals surface area contributed by atoms with Gasteiger partial charge < -0.3 is 9.30 Å². The fourth-order valence-corrected chi connectivity index (χ4v) is 1.95. The van der Waals surface area contributed by atoms with Crippen LogP contribution in [0.2, 0.25) is 0 Å². The van der Waals surface area contributed by atoms with Crippen molar-refractivity contribution in [1.82, 2.24) is 9.99 Å². The van der Waals surface area contributed by atoms with E-state index >= 15 is 0 Å². The van der Waals surface area contributed by atoms with Gasteiger partial charge in [0, 0.05) is 17.3 Å². The monoisotopic (exact) mass is 287 g/mol. The summed E-state index contributed by atoms with van der Waals surface area (Å²) >= 11 is 0. The van der Waals surface area contributed by atoms with E-state index in [1.807, 2.05) is 13.0 Å². The third kappa shape index (κ3) is 3.70. The van der Waals surface area contributed by atoms with Gasteiger partial charge >= 0.3 is 0 Å². The highest BCUT2D eigenvalue weighted by atomic mass is 16.5. The number of aromatic nitrogens is 1. The summed E-state index contributed by atoms with van der Waals surface area (Å²) in [6, 6.07) is 11.7. The van der Waals surface area contributed by atoms with Gasteiger partial charge in [0.25, 0.3) is 11.5 Å². The van der Waals surface area contributed by atoms with Crippen LogP contribution in [0.1, 0.15) is 16.1 Å². The molecule has 1 amide bonds. The van der Waals surface area contributed by atoms with Gasteiger partial charge in [0.05, 0.1) is 6.54 Å². The maximum atomic E-state index is 11.7. The smallest absolute Gasteiger partial charge is 0.265 e. The number of ether oxygens (including phenoxy) is 1. The van der Waals surface area contributed by atoms with Gasteiger partial charge in [0.2, 0.25) is 0 Å². The SMILES string of the molecule is Cc1cccc(=O)n1CCOc1ccc(C(=O)NN)cc1. The molecule has 2 rings (SSSR count). The molecule has 1 aromatic carbocycles. The highest BCUT2D eigenvalue weighted by Gasteiger charge is 2.03. The first-order valence-corrected chi connectivity index (χ1v) is 6.52. The van der Waals surface area contributed by atoms with Crippen LogP contribution in [0.25, 0.3) is 0 Å². The number of aryl methyl sites for hydroxylation is 1. The number of hydrogen-bond acceptors (Lipinski definition) is 4. The number of hydrazine groups is 1. The van der Waals surface area contributed by atoms with Crippen LogP contribution in [0.3, 0.4) is 0 Å². The standard InChI is InChI=1S/C15H17N3O3/c1-11-3-2-4-14(19)18(11)9-10-21-13-7-5-12(6-8-13)15(20)17-16/h2-8H,9-10,16H2,1H3,(H,17,20). The number of nitrogens with one attached hydrogen (secondary N) is 1. The topological polar surface area (TPSA) is 86.3 Å². The van der Waals surface area contributed by atoms with Crippen LogP contribution < -0.4 is 21.6 Å². The van der Waals surface area contributed by atoms with E-state index in [1.165, 1.54) is 6.07 Å². The second-order valence-electron chi connectivity index (χ2n) is 4.50. The van der Waals surface area contributed by atoms with E-state index < -0.39 is 0 Å². The molecule has 0 saturated heterocycles. The molecule has 3 N–H and O–H groups in total. The Balaban J connectivity index is 1.95. The number of carbonyl (C=O) groups excluding carboxylic acids is 1. The summed E-state index contributed by atoms with van der Waals surface area (Å²) in [7, 11) is 0. The number of pyridine rings is 1. The fourth-order valence-electron chi connectivity index (χ4n) is 1.95. The lowest BCUT2D eigenvalue weighted by atomic mass is 10.2. The van der Waals surface area contributed by atoms with Gasteiger partial charge in [-0.3, -0.25) is 15.0 Å². The Kier molecular flexibility index (Phi) is 4.73. The molecule has 0 radical (unpaired) electrons. The molecule has 0 atom stereocenters. The Labute approximate surface area is 122 Å². The fraction of sp³-hybridized carbons (Fsp3) is 0.200. The zero-order valence-electron chi connectivity index (χ0n) is 11.7. The number of nitrogens with two attached hydrogens (primary N) is 1. The molecule has 0 bridgehead atoms. The zero-order valence-corrected chi connectivity index (χ0v) is 11.7. The molecule has 6 nitrogen and oxygen atoms in total. The Morgan fingerprint density at radius 3 is 2.57 bits per heavy atom. The number of carbonyl (C=O) groups is 1. The predicted octanol–water partition coefficient (Wildman–Crippen LogP) is 0.839. The van der Waals surface area contributed by atoms with Crippen LogP contribution >= 0.6 is 0 Å². The molecule has 1 heterocycles. The molecule has 1 aromatic heterocycles. The van der Waals surface area contributed by atoms with E-state index in [4.69, 9.17) is 10.6 Å². The van der Waals surface area contributed by atoms with Gasteiger partial charge in [-0.2, -0.15) is 0 Å². The van der Waals surface area contributed by atoms with Crippen molar-refractivity contribution in [1.29, 1.82) is 0 Å². The third-order valence-corrected chi connectivity index (χ3v) is 3.10. The number of nitrogens with zero attached hydrogens (tertiary/aromatic N) is 1. The van der Waals surface area contributed by atoms with Crippen molar-refractivity contribution in [2.45, 2.75) is 13.5 Å². The van der Waals surface area contributed by atoms with Crippen LogP contribution in [0.4, 0.5) is 0 Å². The van der Waals surface area contributed by atoms with E-state index in [0.29, 0.717) is 24.5 Å². The maximum absolute atomic E-state index is 11.7. The Bertz CT molecular complexity index is 677. The Morgan fingerprint density at radius 2 is 1.95 bits per heavy atom. The van der Waals surface area contributed by atoms with Crippen molar-refractivity contribution in [2.75, 3.05) is 6.61 Å². The summed E-state index contributed by atoms with van der Waals surface area (Å²) in [5.41, 5.74) is 3.36. The van der Waals surface area contributed by atoms with Crippen molar-refractivity contribution in [2.24, 2.45) is 5.84 Å². The summed E-state index contributed by atoms with van der Waals surface area (Å²) in [5.74, 6) is 5.33. The van der Waals surface area contributed by atoms with Crippen LogP contribution in [0.5, 0.6) is 5.75 Å². The molecule has 110 valence electrons. The van der Waals surface area contributed by atoms with Gasteiger partial charge in [-0.05, 0) is 37.3 Å². The minimum atomic E-state index is -0.354. The van der Waals surface area contributed by atoms with Gasteiger partial charge in [-0.25, -0.2) is 5.84 Å². The van der Waals surface area contributed by atoms with Crippen LogP contribution in [-0.2, 0) is 6.54 Å². The van der Waals surface area contributed by atoms with Crippen LogP contribution in [0.15, 0.2) is 47.3 Å². The molecular formula is C15H17N3O3. The number of rotatable bonds is 5. The predicted molar refractivity (Wildman–Crippen MR) is 79.0 cm³/mol. The molecule has 0 fully saturated rings. The zero-order chi connectivity index (χ0) is 15.2. The van der Waals surface area contributed by atoms with E-state index in [-0.39, 0.29) is 11.5 Å². The lowest BCUT2D eigenvalue weighted by Gasteiger charge is -2.11. The van der Waals surface area contributed by atoms with Gasteiger partial charge in [0.1, 0.15) is 12.4 Å². The van der Waals surface area contributed by atoms with E-state index in [2.05, 4.69) is 5.43 Å². The van der Waals surface area contributed by atoms with E-state index in [0.717, 1.165) is 5.69 Å². The molecule has 0 saturated carbocycles. The third-order valence-electron chi connectivity index (χ3n) is 3.10. The lowest BCUT2D eigenvalue weighted by molar-refractivity contribution is 0.0953. The van der Waals surface area contributed by atoms with Crippen LogP contribution in [-0.4, -0.2) is 17.1 Å². The maximum Gasteiger partial charge on any atom is 0.265 e. The Hall–Kier alpha value is -2.60. The molecule has 0 spiro atoms. The van der Waals surface area contributed by atoms with Gasteiger partial charge in [0.15, 0.2) is 0 Å². The number of benzene rings is 1. The minimum absolute atomic E-state index is 0.0476. The van der Waals surface area contributed by atoms with Crippen molar-refractivity contribution in [3.05, 3.63) is 64.1 Å². The molecule has 0 unspecified atom stereocenters. The number of amides is 1. The number of hydrogen-bond donors (Lipinski definition) is 2. The van der Waals surface area contributed by atoms with E-state index in [1.54, 1.807) is 34.9 Å². The largest absolute Gasteiger partial charge is 0.492 e. The van der Waals surface area contributed by atoms with E-state index in [9.17, 15) is 9.59 Å². The van der Waals surface area contributed by atoms with Gasteiger partial charge in [-0.15, -0.1) is 0 Å². The molecule has 2 aromatic rings. The van der Waals surface area contributed by atoms with Crippen molar-refractivity contribution in [3.63, 3.8) is 0 Å². The summed E-state index contributed by atoms with van der Waals surface area (Å²) in [5, 5.41) is 0. The highest BCUT2D eigenvalue weighted by Crippen LogP contribution is 2.12. The van der Waals surface area contributed by atoms with Crippen molar-refractivity contribution < 1.29 is 9.53 Å². The van der Waals surface area contributed by atoms with Crippen LogP contribution in [0, 0.1) is 6.92 Å². The molecule has 21 heavy (non-hydrogen) atoms. The quantitative estimate of drug-likeness (QED) is 0.485. The Morgan fingerprint density at radius 1 is 1.24 bits per heavy atom. The highest BCUT2D eigenvalue weighted by molar-refractivity contribution is 5.93. The molecular weight excluding hydrogens is 270 g/mol. The normalized spacial score (nSPS) is 10.2.